The molecule has 1 saturated heterocycles. The maximum Gasteiger partial charge on any atom is 0.262 e. The first-order valence-corrected chi connectivity index (χ1v) is 11.9. The Balaban J connectivity index is 1.33. The third-order valence-electron chi connectivity index (χ3n) is 6.23. The summed E-state index contributed by atoms with van der Waals surface area (Å²) in [5.74, 6) is 0.959. The molecule has 3 aromatic rings. The molecular formula is C24H30N4O3S. The number of aromatic nitrogens is 2. The van der Waals surface area contributed by atoms with E-state index in [9.17, 15) is 9.59 Å². The first-order chi connectivity index (χ1) is 15.5. The number of carbonyl (C=O) groups is 1. The van der Waals surface area contributed by atoms with Crippen LogP contribution in [0.15, 0.2) is 35.4 Å². The van der Waals surface area contributed by atoms with Gasteiger partial charge in [-0.05, 0) is 43.5 Å². The quantitative estimate of drug-likeness (QED) is 0.572. The van der Waals surface area contributed by atoms with Crippen molar-refractivity contribution in [2.75, 3.05) is 33.3 Å². The van der Waals surface area contributed by atoms with E-state index >= 15 is 0 Å². The van der Waals surface area contributed by atoms with E-state index in [1.807, 2.05) is 30.9 Å². The fraction of sp³-hybridized carbons (Fsp3) is 0.458. The molecule has 0 saturated carbocycles. The topological polar surface area (TPSA) is 67.7 Å². The average molecular weight is 455 g/mol. The summed E-state index contributed by atoms with van der Waals surface area (Å²) >= 11 is 1.54. The summed E-state index contributed by atoms with van der Waals surface area (Å²) in [5, 5.41) is 0.686. The molecule has 0 aliphatic carbocycles. The van der Waals surface area contributed by atoms with Crippen molar-refractivity contribution >= 4 is 27.5 Å². The Morgan fingerprint density at radius 2 is 1.91 bits per heavy atom. The zero-order valence-corrected chi connectivity index (χ0v) is 19.8. The van der Waals surface area contributed by atoms with Gasteiger partial charge in [0.1, 0.15) is 10.6 Å². The van der Waals surface area contributed by atoms with E-state index in [4.69, 9.17) is 4.74 Å². The van der Waals surface area contributed by atoms with E-state index in [1.165, 1.54) is 5.56 Å². The van der Waals surface area contributed by atoms with Gasteiger partial charge in [-0.2, -0.15) is 0 Å². The molecule has 1 aliphatic heterocycles. The van der Waals surface area contributed by atoms with Gasteiger partial charge < -0.3 is 9.64 Å². The first-order valence-electron chi connectivity index (χ1n) is 11.0. The second kappa shape index (κ2) is 9.83. The molecule has 4 rings (SSSR count). The molecule has 2 aromatic heterocycles. The van der Waals surface area contributed by atoms with Crippen LogP contribution < -0.4 is 10.3 Å². The number of nitrogens with zero attached hydrogens (tertiary/aromatic N) is 4. The summed E-state index contributed by atoms with van der Waals surface area (Å²) in [7, 11) is 1.67. The smallest absolute Gasteiger partial charge is 0.262 e. The predicted molar refractivity (Wildman–Crippen MR) is 127 cm³/mol. The highest BCUT2D eigenvalue weighted by Gasteiger charge is 2.20. The molecule has 1 aliphatic rings. The van der Waals surface area contributed by atoms with Crippen LogP contribution in [-0.4, -0.2) is 58.5 Å². The zero-order valence-electron chi connectivity index (χ0n) is 19.0. The molecule has 0 atom stereocenters. The zero-order chi connectivity index (χ0) is 22.7. The number of benzene rings is 1. The van der Waals surface area contributed by atoms with Crippen molar-refractivity contribution in [1.82, 2.24) is 19.4 Å². The number of ether oxygens (including phenoxy) is 1. The summed E-state index contributed by atoms with van der Waals surface area (Å²) in [6, 6.07) is 8.14. The number of fused-ring (bicyclic) bond motifs is 1. The maximum absolute atomic E-state index is 12.9. The summed E-state index contributed by atoms with van der Waals surface area (Å²) in [4.78, 5) is 36.4. The number of carbonyl (C=O) groups excluding carboxylic acids is 1. The molecule has 32 heavy (non-hydrogen) atoms. The van der Waals surface area contributed by atoms with Crippen LogP contribution >= 0.6 is 11.3 Å². The van der Waals surface area contributed by atoms with Crippen LogP contribution in [0.3, 0.4) is 0 Å². The maximum atomic E-state index is 12.9. The van der Waals surface area contributed by atoms with Crippen molar-refractivity contribution in [2.45, 2.75) is 39.8 Å². The minimum atomic E-state index is -0.0498. The van der Waals surface area contributed by atoms with E-state index in [-0.39, 0.29) is 11.5 Å². The molecule has 0 spiro atoms. The average Bonchev–Trinajstić information content (AvgIpc) is 2.95. The lowest BCUT2D eigenvalue weighted by Crippen LogP contribution is -2.36. The van der Waals surface area contributed by atoms with Crippen LogP contribution in [0.5, 0.6) is 5.75 Å². The summed E-state index contributed by atoms with van der Waals surface area (Å²) in [6.07, 6.45) is 2.84. The molecule has 8 heteroatoms. The van der Waals surface area contributed by atoms with E-state index in [0.29, 0.717) is 24.9 Å². The van der Waals surface area contributed by atoms with E-state index in [1.54, 1.807) is 29.3 Å². The monoisotopic (exact) mass is 454 g/mol. The van der Waals surface area contributed by atoms with Gasteiger partial charge in [0.2, 0.25) is 5.91 Å². The SMILES string of the molecule is COc1ccc(CN2CCCN(C(=O)CCn3cnc4sc(C)c(C)c4c3=O)CC2)cc1. The third-order valence-corrected chi connectivity index (χ3v) is 7.34. The minimum Gasteiger partial charge on any atom is -0.497 e. The van der Waals surface area contributed by atoms with Crippen LogP contribution in [0.1, 0.15) is 28.8 Å². The highest BCUT2D eigenvalue weighted by atomic mass is 32.1. The standard InChI is InChI=1S/C24H30N4O3S/c1-17-18(2)32-23-22(17)24(30)28(16-25-23)12-9-21(29)27-11-4-10-26(13-14-27)15-19-5-7-20(31-3)8-6-19/h5-8,16H,4,9-15H2,1-3H3. The van der Waals surface area contributed by atoms with Gasteiger partial charge in [0.05, 0.1) is 18.8 Å². The van der Waals surface area contributed by atoms with E-state index in [0.717, 1.165) is 53.6 Å². The van der Waals surface area contributed by atoms with Crippen molar-refractivity contribution in [1.29, 1.82) is 0 Å². The van der Waals surface area contributed by atoms with Crippen molar-refractivity contribution in [3.8, 4) is 5.75 Å². The Kier molecular flexibility index (Phi) is 6.91. The number of hydrogen-bond donors (Lipinski definition) is 0. The van der Waals surface area contributed by atoms with Crippen LogP contribution in [-0.2, 0) is 17.9 Å². The molecule has 3 heterocycles. The fourth-order valence-electron chi connectivity index (χ4n) is 4.17. The second-order valence-corrected chi connectivity index (χ2v) is 9.52. The molecule has 1 amide bonds. The first kappa shape index (κ1) is 22.5. The number of hydrogen-bond acceptors (Lipinski definition) is 6. The second-order valence-electron chi connectivity index (χ2n) is 8.32. The Labute approximate surface area is 192 Å². The Morgan fingerprint density at radius 3 is 2.66 bits per heavy atom. The van der Waals surface area contributed by atoms with Gasteiger partial charge in [0.25, 0.3) is 5.56 Å². The van der Waals surface area contributed by atoms with Crippen molar-refractivity contribution in [3.63, 3.8) is 0 Å². The van der Waals surface area contributed by atoms with Gasteiger partial charge in [-0.25, -0.2) is 4.98 Å². The molecule has 7 nitrogen and oxygen atoms in total. The molecule has 0 unspecified atom stereocenters. The van der Waals surface area contributed by atoms with E-state index in [2.05, 4.69) is 22.0 Å². The highest BCUT2D eigenvalue weighted by molar-refractivity contribution is 7.18. The Morgan fingerprint density at radius 1 is 1.12 bits per heavy atom. The van der Waals surface area contributed by atoms with Crippen LogP contribution in [0.4, 0.5) is 0 Å². The third kappa shape index (κ3) is 4.86. The fourth-order valence-corrected chi connectivity index (χ4v) is 5.16. The summed E-state index contributed by atoms with van der Waals surface area (Å²) < 4.78 is 6.80. The highest BCUT2D eigenvalue weighted by Crippen LogP contribution is 2.25. The van der Waals surface area contributed by atoms with Gasteiger partial charge in [0.15, 0.2) is 0 Å². The van der Waals surface area contributed by atoms with Crippen molar-refractivity contribution in [3.05, 3.63) is 57.0 Å². The molecule has 0 N–H and O–H groups in total. The number of thiophene rings is 1. The predicted octanol–water partition coefficient (Wildman–Crippen LogP) is 3.21. The minimum absolute atomic E-state index is 0.0498. The number of aryl methyl sites for hydroxylation is 3. The van der Waals surface area contributed by atoms with Gasteiger partial charge in [-0.1, -0.05) is 12.1 Å². The van der Waals surface area contributed by atoms with Crippen molar-refractivity contribution < 1.29 is 9.53 Å². The van der Waals surface area contributed by atoms with Gasteiger partial charge in [0, 0.05) is 50.6 Å². The lowest BCUT2D eigenvalue weighted by molar-refractivity contribution is -0.131. The van der Waals surface area contributed by atoms with Crippen LogP contribution in [0.2, 0.25) is 0 Å². The molecule has 0 radical (unpaired) electrons. The molecule has 1 fully saturated rings. The number of methoxy groups -OCH3 is 1. The van der Waals surface area contributed by atoms with E-state index < -0.39 is 0 Å². The van der Waals surface area contributed by atoms with Gasteiger partial charge in [-0.3, -0.25) is 19.1 Å². The molecule has 0 bridgehead atoms. The molecule has 170 valence electrons. The van der Waals surface area contributed by atoms with Crippen LogP contribution in [0, 0.1) is 13.8 Å². The lowest BCUT2D eigenvalue weighted by atomic mass is 10.2. The Hall–Kier alpha value is -2.71. The van der Waals surface area contributed by atoms with Gasteiger partial charge >= 0.3 is 0 Å². The number of amides is 1. The Bertz CT molecular complexity index is 1150. The van der Waals surface area contributed by atoms with Gasteiger partial charge in [-0.15, -0.1) is 11.3 Å². The number of rotatable bonds is 6. The largest absolute Gasteiger partial charge is 0.497 e. The van der Waals surface area contributed by atoms with Crippen LogP contribution in [0.25, 0.3) is 10.2 Å². The normalized spacial score (nSPS) is 15.2. The van der Waals surface area contributed by atoms with Crippen molar-refractivity contribution in [2.24, 2.45) is 0 Å². The molecule has 1 aromatic carbocycles. The molecular weight excluding hydrogens is 424 g/mol. The summed E-state index contributed by atoms with van der Waals surface area (Å²) in [6.45, 7) is 8.48. The lowest BCUT2D eigenvalue weighted by Gasteiger charge is -2.22. The summed E-state index contributed by atoms with van der Waals surface area (Å²) in [5.41, 5.74) is 2.19.